The maximum atomic E-state index is 12.8. The Labute approximate surface area is 187 Å². The number of hydrogen-bond donors (Lipinski definition) is 1. The van der Waals surface area contributed by atoms with E-state index >= 15 is 0 Å². The lowest BCUT2D eigenvalue weighted by Crippen LogP contribution is -2.49. The lowest BCUT2D eigenvalue weighted by atomic mass is 10.0. The fourth-order valence-electron chi connectivity index (χ4n) is 3.52. The minimum atomic E-state index is -1.10. The molecule has 1 aliphatic rings. The van der Waals surface area contributed by atoms with Gasteiger partial charge in [-0.3, -0.25) is 4.79 Å². The fraction of sp³-hybridized carbons (Fsp3) is 0.500. The summed E-state index contributed by atoms with van der Waals surface area (Å²) in [7, 11) is 1.60. The second-order valence-corrected chi connectivity index (χ2v) is 7.29. The van der Waals surface area contributed by atoms with E-state index in [1.807, 2.05) is 23.1 Å². The standard InChI is InChI=1S/C22H28N6O4/c1-3-32-22(30)28-12-10-27(11-13-28)20-19(25-17-7-4-5-8-18(17)26-20)16(15-23)21(29)24-9-6-14-31-2/h4-5,7-8,16H,3,6,9-14H2,1-2H3,(H,24,29)/t16-/m1/s1. The number of hydrogen-bond acceptors (Lipinski definition) is 8. The van der Waals surface area contributed by atoms with Crippen molar-refractivity contribution in [3.8, 4) is 6.07 Å². The largest absolute Gasteiger partial charge is 0.450 e. The first-order valence-electron chi connectivity index (χ1n) is 10.7. The Hall–Kier alpha value is -3.45. The molecule has 10 heteroatoms. The molecule has 1 atom stereocenters. The Kier molecular flexibility index (Phi) is 8.16. The molecule has 1 N–H and O–H groups in total. The number of amides is 2. The SMILES string of the molecule is CCOC(=O)N1CCN(c2nc3ccccc3nc2[C@@H](C#N)C(=O)NCCCOC)CC1. The monoisotopic (exact) mass is 440 g/mol. The predicted molar refractivity (Wildman–Crippen MR) is 118 cm³/mol. The minimum Gasteiger partial charge on any atom is -0.450 e. The molecule has 2 amide bonds. The summed E-state index contributed by atoms with van der Waals surface area (Å²) in [5, 5.41) is 12.6. The zero-order valence-corrected chi connectivity index (χ0v) is 18.4. The van der Waals surface area contributed by atoms with Gasteiger partial charge in [-0.15, -0.1) is 0 Å². The Balaban J connectivity index is 1.87. The Morgan fingerprint density at radius 1 is 1.19 bits per heavy atom. The summed E-state index contributed by atoms with van der Waals surface area (Å²) in [6.07, 6.45) is 0.300. The van der Waals surface area contributed by atoms with Crippen LogP contribution >= 0.6 is 0 Å². The van der Waals surface area contributed by atoms with Gasteiger partial charge in [0.15, 0.2) is 11.7 Å². The first-order chi connectivity index (χ1) is 15.6. The number of nitrogens with one attached hydrogen (secondary N) is 1. The summed E-state index contributed by atoms with van der Waals surface area (Å²) in [6.45, 7) is 4.90. The second kappa shape index (κ2) is 11.2. The van der Waals surface area contributed by atoms with E-state index in [0.29, 0.717) is 74.9 Å². The number of benzene rings is 1. The number of carbonyl (C=O) groups is 2. The van der Waals surface area contributed by atoms with E-state index < -0.39 is 11.8 Å². The van der Waals surface area contributed by atoms with E-state index in [9.17, 15) is 14.9 Å². The smallest absolute Gasteiger partial charge is 0.409 e. The maximum Gasteiger partial charge on any atom is 0.409 e. The van der Waals surface area contributed by atoms with Crippen LogP contribution in [0.15, 0.2) is 24.3 Å². The molecule has 0 radical (unpaired) electrons. The van der Waals surface area contributed by atoms with E-state index in [1.54, 1.807) is 25.0 Å². The highest BCUT2D eigenvalue weighted by Crippen LogP contribution is 2.28. The van der Waals surface area contributed by atoms with Gasteiger partial charge in [0.05, 0.1) is 23.7 Å². The molecular formula is C22H28N6O4. The maximum absolute atomic E-state index is 12.8. The van der Waals surface area contributed by atoms with Crippen LogP contribution in [0.5, 0.6) is 0 Å². The topological polar surface area (TPSA) is 121 Å². The van der Waals surface area contributed by atoms with Gasteiger partial charge in [-0.1, -0.05) is 12.1 Å². The van der Waals surface area contributed by atoms with E-state index in [4.69, 9.17) is 14.5 Å². The molecule has 1 aromatic carbocycles. The number of carbonyl (C=O) groups excluding carboxylic acids is 2. The van der Waals surface area contributed by atoms with Crippen molar-refractivity contribution in [3.63, 3.8) is 0 Å². The van der Waals surface area contributed by atoms with Gasteiger partial charge in [-0.2, -0.15) is 5.26 Å². The second-order valence-electron chi connectivity index (χ2n) is 7.29. The molecule has 10 nitrogen and oxygen atoms in total. The number of rotatable bonds is 8. The van der Waals surface area contributed by atoms with E-state index in [1.165, 1.54) is 0 Å². The van der Waals surface area contributed by atoms with Crippen molar-refractivity contribution in [1.29, 1.82) is 5.26 Å². The van der Waals surface area contributed by atoms with Crippen LogP contribution in [0.4, 0.5) is 10.6 Å². The average Bonchev–Trinajstić information content (AvgIpc) is 2.82. The Morgan fingerprint density at radius 3 is 2.50 bits per heavy atom. The summed E-state index contributed by atoms with van der Waals surface area (Å²) >= 11 is 0. The van der Waals surface area contributed by atoms with Crippen LogP contribution in [0.3, 0.4) is 0 Å². The van der Waals surface area contributed by atoms with Crippen molar-refractivity contribution in [2.75, 3.05) is 57.9 Å². The van der Waals surface area contributed by atoms with Gasteiger partial charge in [-0.05, 0) is 25.5 Å². The molecule has 1 aromatic heterocycles. The van der Waals surface area contributed by atoms with Crippen molar-refractivity contribution in [2.24, 2.45) is 0 Å². The highest BCUT2D eigenvalue weighted by Gasteiger charge is 2.31. The number of nitrogens with zero attached hydrogens (tertiary/aromatic N) is 5. The Morgan fingerprint density at radius 2 is 1.88 bits per heavy atom. The number of fused-ring (bicyclic) bond motifs is 1. The lowest BCUT2D eigenvalue weighted by molar-refractivity contribution is -0.121. The van der Waals surface area contributed by atoms with E-state index in [2.05, 4.69) is 16.4 Å². The van der Waals surface area contributed by atoms with Gasteiger partial charge in [0.1, 0.15) is 5.69 Å². The fourth-order valence-corrected chi connectivity index (χ4v) is 3.52. The van der Waals surface area contributed by atoms with E-state index in [-0.39, 0.29) is 6.09 Å². The average molecular weight is 441 g/mol. The van der Waals surface area contributed by atoms with Crippen molar-refractivity contribution >= 4 is 28.9 Å². The molecule has 0 bridgehead atoms. The number of nitriles is 1. The van der Waals surface area contributed by atoms with Crippen LogP contribution in [0, 0.1) is 11.3 Å². The van der Waals surface area contributed by atoms with Gasteiger partial charge in [-0.25, -0.2) is 14.8 Å². The lowest BCUT2D eigenvalue weighted by Gasteiger charge is -2.35. The summed E-state index contributed by atoms with van der Waals surface area (Å²) < 4.78 is 10.1. The van der Waals surface area contributed by atoms with Gasteiger partial charge in [0, 0.05) is 46.4 Å². The molecule has 32 heavy (non-hydrogen) atoms. The third kappa shape index (κ3) is 5.42. The first kappa shape index (κ1) is 23.2. The molecule has 2 heterocycles. The summed E-state index contributed by atoms with van der Waals surface area (Å²) in [4.78, 5) is 37.8. The number of anilines is 1. The van der Waals surface area contributed by atoms with Crippen molar-refractivity contribution in [1.82, 2.24) is 20.2 Å². The molecule has 170 valence electrons. The first-order valence-corrected chi connectivity index (χ1v) is 10.7. The third-order valence-electron chi connectivity index (χ3n) is 5.17. The highest BCUT2D eigenvalue weighted by atomic mass is 16.6. The molecule has 1 aliphatic heterocycles. The normalized spacial score (nSPS) is 14.7. The van der Waals surface area contributed by atoms with E-state index in [0.717, 1.165) is 0 Å². The summed E-state index contributed by atoms with van der Waals surface area (Å²) in [5.41, 5.74) is 1.61. The van der Waals surface area contributed by atoms with Gasteiger partial charge < -0.3 is 24.6 Å². The van der Waals surface area contributed by atoms with Crippen LogP contribution in [0.2, 0.25) is 0 Å². The molecular weight excluding hydrogens is 412 g/mol. The van der Waals surface area contributed by atoms with Gasteiger partial charge in [0.2, 0.25) is 5.91 Å². The van der Waals surface area contributed by atoms with Crippen molar-refractivity contribution in [3.05, 3.63) is 30.0 Å². The molecule has 3 rings (SSSR count). The molecule has 0 saturated carbocycles. The molecule has 0 unspecified atom stereocenters. The summed E-state index contributed by atoms with van der Waals surface area (Å²) in [5.74, 6) is -1.03. The van der Waals surface area contributed by atoms with Crippen LogP contribution in [0.1, 0.15) is 25.0 Å². The van der Waals surface area contributed by atoms with Crippen LogP contribution in [-0.4, -0.2) is 79.9 Å². The predicted octanol–water partition coefficient (Wildman–Crippen LogP) is 1.67. The summed E-state index contributed by atoms with van der Waals surface area (Å²) in [6, 6.07) is 9.44. The van der Waals surface area contributed by atoms with Crippen LogP contribution in [-0.2, 0) is 14.3 Å². The third-order valence-corrected chi connectivity index (χ3v) is 5.17. The molecule has 1 saturated heterocycles. The molecule has 1 fully saturated rings. The van der Waals surface area contributed by atoms with Crippen molar-refractivity contribution < 1.29 is 19.1 Å². The number of methoxy groups -OCH3 is 1. The number of piperazine rings is 1. The Bertz CT molecular complexity index is 984. The quantitative estimate of drug-likeness (QED) is 0.616. The molecule has 0 spiro atoms. The van der Waals surface area contributed by atoms with Gasteiger partial charge >= 0.3 is 6.09 Å². The van der Waals surface area contributed by atoms with Gasteiger partial charge in [0.25, 0.3) is 0 Å². The molecule has 2 aromatic rings. The number of ether oxygens (including phenoxy) is 2. The molecule has 0 aliphatic carbocycles. The highest BCUT2D eigenvalue weighted by molar-refractivity contribution is 5.88. The minimum absolute atomic E-state index is 0.319. The number of aromatic nitrogens is 2. The van der Waals surface area contributed by atoms with Crippen LogP contribution in [0.25, 0.3) is 11.0 Å². The zero-order valence-electron chi connectivity index (χ0n) is 18.4. The number of para-hydroxylation sites is 2. The van der Waals surface area contributed by atoms with Crippen molar-refractivity contribution in [2.45, 2.75) is 19.3 Å². The zero-order chi connectivity index (χ0) is 22.9. The van der Waals surface area contributed by atoms with Crippen LogP contribution < -0.4 is 10.2 Å².